The zero-order valence-corrected chi connectivity index (χ0v) is 19.0. The maximum absolute atomic E-state index is 13.8. The van der Waals surface area contributed by atoms with Crippen LogP contribution in [0.5, 0.6) is 5.75 Å². The van der Waals surface area contributed by atoms with E-state index in [0.29, 0.717) is 17.5 Å². The molecule has 1 N–H and O–H groups in total. The number of hydrogen-bond acceptors (Lipinski definition) is 2. The van der Waals surface area contributed by atoms with Gasteiger partial charge in [0, 0.05) is 21.5 Å². The second-order valence-electron chi connectivity index (χ2n) is 8.94. The second-order valence-corrected chi connectivity index (χ2v) is 9.35. The van der Waals surface area contributed by atoms with E-state index >= 15 is 0 Å². The molecule has 3 aromatic rings. The largest absolute Gasteiger partial charge is 0.493 e. The Balaban J connectivity index is 1.70. The highest BCUT2D eigenvalue weighted by atomic mass is 35.5. The third-order valence-corrected chi connectivity index (χ3v) is 6.57. The van der Waals surface area contributed by atoms with Crippen molar-refractivity contribution in [2.75, 3.05) is 11.9 Å². The molecule has 162 valence electrons. The van der Waals surface area contributed by atoms with Crippen LogP contribution in [0.25, 0.3) is 10.8 Å². The molecule has 0 radical (unpaired) electrons. The highest BCUT2D eigenvalue weighted by Gasteiger charge is 2.42. The number of halogens is 1. The molecular formula is C27H30ClNO2. The van der Waals surface area contributed by atoms with Crippen LogP contribution in [0.2, 0.25) is 5.02 Å². The van der Waals surface area contributed by atoms with Gasteiger partial charge in [-0.1, -0.05) is 87.2 Å². The molecule has 4 heteroatoms. The quantitative estimate of drug-likeness (QED) is 0.439. The Bertz CT molecular complexity index is 1070. The van der Waals surface area contributed by atoms with Gasteiger partial charge in [0.15, 0.2) is 0 Å². The minimum Gasteiger partial charge on any atom is -0.493 e. The van der Waals surface area contributed by atoms with Crippen molar-refractivity contribution in [3.05, 3.63) is 71.2 Å². The standard InChI is InChI=1S/C27H30ClNO2/c1-19(2)18-31-25-15-14-24(20-10-4-5-11-21(20)25)29-26(30)27(16-8-3-9-17-27)22-12-6-7-13-23(22)28/h4-7,10-15,19H,3,8-9,16-18H2,1-2H3,(H,29,30). The number of ether oxygens (including phenoxy) is 1. The summed E-state index contributed by atoms with van der Waals surface area (Å²) in [7, 11) is 0. The fraction of sp³-hybridized carbons (Fsp3) is 0.370. The van der Waals surface area contributed by atoms with Crippen molar-refractivity contribution >= 4 is 34.0 Å². The summed E-state index contributed by atoms with van der Waals surface area (Å²) in [5.41, 5.74) is 1.16. The van der Waals surface area contributed by atoms with Crippen LogP contribution in [-0.2, 0) is 10.2 Å². The SMILES string of the molecule is CC(C)COc1ccc(NC(=O)C2(c3ccccc3Cl)CCCCC2)c2ccccc12. The van der Waals surface area contributed by atoms with E-state index < -0.39 is 5.41 Å². The van der Waals surface area contributed by atoms with Gasteiger partial charge in [-0.3, -0.25) is 4.79 Å². The molecule has 0 heterocycles. The van der Waals surface area contributed by atoms with Crippen molar-refractivity contribution in [1.29, 1.82) is 0 Å². The molecule has 0 saturated heterocycles. The first-order valence-corrected chi connectivity index (χ1v) is 11.6. The Morgan fingerprint density at radius 3 is 2.35 bits per heavy atom. The van der Waals surface area contributed by atoms with E-state index in [-0.39, 0.29) is 5.91 Å². The Hall–Kier alpha value is -2.52. The summed E-state index contributed by atoms with van der Waals surface area (Å²) in [5.74, 6) is 1.32. The predicted molar refractivity (Wildman–Crippen MR) is 129 cm³/mol. The summed E-state index contributed by atoms with van der Waals surface area (Å²) in [6.07, 6.45) is 4.85. The van der Waals surface area contributed by atoms with Crippen LogP contribution in [0, 0.1) is 5.92 Å². The van der Waals surface area contributed by atoms with E-state index in [1.165, 1.54) is 0 Å². The first kappa shape index (κ1) is 21.7. The number of fused-ring (bicyclic) bond motifs is 1. The van der Waals surface area contributed by atoms with Crippen LogP contribution in [0.3, 0.4) is 0 Å². The highest BCUT2D eigenvalue weighted by molar-refractivity contribution is 6.32. The van der Waals surface area contributed by atoms with Gasteiger partial charge in [0.2, 0.25) is 5.91 Å². The molecule has 1 fully saturated rings. The number of amides is 1. The number of carbonyl (C=O) groups excluding carboxylic acids is 1. The lowest BCUT2D eigenvalue weighted by Gasteiger charge is -2.37. The number of anilines is 1. The van der Waals surface area contributed by atoms with Gasteiger partial charge in [-0.05, 0) is 42.5 Å². The number of rotatable bonds is 6. The number of nitrogens with one attached hydrogen (secondary N) is 1. The van der Waals surface area contributed by atoms with Crippen molar-refractivity contribution in [2.24, 2.45) is 5.92 Å². The first-order valence-electron chi connectivity index (χ1n) is 11.2. The molecule has 0 spiro atoms. The van der Waals surface area contributed by atoms with Gasteiger partial charge in [0.1, 0.15) is 5.75 Å². The fourth-order valence-electron chi connectivity index (χ4n) is 4.63. The molecule has 1 amide bonds. The second kappa shape index (κ2) is 9.32. The van der Waals surface area contributed by atoms with Crippen molar-refractivity contribution in [3.63, 3.8) is 0 Å². The van der Waals surface area contributed by atoms with Crippen LogP contribution in [0.15, 0.2) is 60.7 Å². The minimum atomic E-state index is -0.593. The summed E-state index contributed by atoms with van der Waals surface area (Å²) in [4.78, 5) is 13.8. The van der Waals surface area contributed by atoms with E-state index in [9.17, 15) is 4.79 Å². The lowest BCUT2D eigenvalue weighted by atomic mass is 9.68. The summed E-state index contributed by atoms with van der Waals surface area (Å²) >= 11 is 6.57. The van der Waals surface area contributed by atoms with Gasteiger partial charge in [-0.25, -0.2) is 0 Å². The summed E-state index contributed by atoms with van der Waals surface area (Å²) in [6.45, 7) is 4.93. The monoisotopic (exact) mass is 435 g/mol. The Morgan fingerprint density at radius 2 is 1.65 bits per heavy atom. The van der Waals surface area contributed by atoms with E-state index in [2.05, 4.69) is 19.2 Å². The summed E-state index contributed by atoms with van der Waals surface area (Å²) < 4.78 is 6.03. The van der Waals surface area contributed by atoms with E-state index in [1.807, 2.05) is 60.7 Å². The predicted octanol–water partition coefficient (Wildman–Crippen LogP) is 7.37. The molecule has 0 aliphatic heterocycles. The van der Waals surface area contributed by atoms with Crippen molar-refractivity contribution in [1.82, 2.24) is 0 Å². The third kappa shape index (κ3) is 4.43. The van der Waals surface area contributed by atoms with E-state index in [1.54, 1.807) is 0 Å². The first-order chi connectivity index (χ1) is 15.0. The number of benzene rings is 3. The molecule has 0 unspecified atom stereocenters. The summed E-state index contributed by atoms with van der Waals surface area (Å²) in [6, 6.07) is 19.8. The number of carbonyl (C=O) groups is 1. The fourth-order valence-corrected chi connectivity index (χ4v) is 4.94. The highest BCUT2D eigenvalue weighted by Crippen LogP contribution is 2.44. The van der Waals surface area contributed by atoms with Crippen molar-refractivity contribution in [2.45, 2.75) is 51.4 Å². The lowest BCUT2D eigenvalue weighted by Crippen LogP contribution is -2.42. The zero-order chi connectivity index (χ0) is 21.8. The maximum Gasteiger partial charge on any atom is 0.235 e. The molecular weight excluding hydrogens is 406 g/mol. The van der Waals surface area contributed by atoms with Crippen LogP contribution in [0.4, 0.5) is 5.69 Å². The number of hydrogen-bond donors (Lipinski definition) is 1. The van der Waals surface area contributed by atoms with Crippen LogP contribution < -0.4 is 10.1 Å². The lowest BCUT2D eigenvalue weighted by molar-refractivity contribution is -0.122. The molecule has 0 bridgehead atoms. The van der Waals surface area contributed by atoms with Gasteiger partial charge in [-0.2, -0.15) is 0 Å². The van der Waals surface area contributed by atoms with Crippen LogP contribution in [0.1, 0.15) is 51.5 Å². The van der Waals surface area contributed by atoms with Gasteiger partial charge in [-0.15, -0.1) is 0 Å². The molecule has 1 aliphatic carbocycles. The average Bonchev–Trinajstić information content (AvgIpc) is 2.79. The van der Waals surface area contributed by atoms with Gasteiger partial charge < -0.3 is 10.1 Å². The van der Waals surface area contributed by atoms with Gasteiger partial charge in [0.05, 0.1) is 12.0 Å². The van der Waals surface area contributed by atoms with Crippen LogP contribution >= 0.6 is 11.6 Å². The van der Waals surface area contributed by atoms with Crippen molar-refractivity contribution in [3.8, 4) is 5.75 Å². The molecule has 0 atom stereocenters. The molecule has 1 saturated carbocycles. The van der Waals surface area contributed by atoms with E-state index in [4.69, 9.17) is 16.3 Å². The Labute approximate surface area is 189 Å². The molecule has 1 aliphatic rings. The molecule has 3 nitrogen and oxygen atoms in total. The van der Waals surface area contributed by atoms with Gasteiger partial charge >= 0.3 is 0 Å². The minimum absolute atomic E-state index is 0.0290. The van der Waals surface area contributed by atoms with Gasteiger partial charge in [0.25, 0.3) is 0 Å². The smallest absolute Gasteiger partial charge is 0.235 e. The van der Waals surface area contributed by atoms with Crippen LogP contribution in [-0.4, -0.2) is 12.5 Å². The van der Waals surface area contributed by atoms with E-state index in [0.717, 1.165) is 59.9 Å². The Kier molecular flexibility index (Phi) is 6.52. The third-order valence-electron chi connectivity index (χ3n) is 6.24. The average molecular weight is 436 g/mol. The molecule has 0 aromatic heterocycles. The molecule has 3 aromatic carbocycles. The molecule has 31 heavy (non-hydrogen) atoms. The summed E-state index contributed by atoms with van der Waals surface area (Å²) in [5, 5.41) is 5.93. The zero-order valence-electron chi connectivity index (χ0n) is 18.3. The van der Waals surface area contributed by atoms with Crippen molar-refractivity contribution < 1.29 is 9.53 Å². The topological polar surface area (TPSA) is 38.3 Å². The normalized spacial score (nSPS) is 15.7. The maximum atomic E-state index is 13.8. The molecule has 4 rings (SSSR count). The Morgan fingerprint density at radius 1 is 0.968 bits per heavy atom.